The molecule has 22 heavy (non-hydrogen) atoms. The van der Waals surface area contributed by atoms with Crippen molar-refractivity contribution in [2.24, 2.45) is 0 Å². The third kappa shape index (κ3) is 3.80. The molecule has 2 atom stereocenters. The molecule has 1 aliphatic rings. The van der Waals surface area contributed by atoms with Crippen LogP contribution in [0.2, 0.25) is 0 Å². The number of nitriles is 1. The fourth-order valence-corrected chi connectivity index (χ4v) is 3.04. The molecule has 0 spiro atoms. The van der Waals surface area contributed by atoms with Gasteiger partial charge in [0.1, 0.15) is 5.75 Å². The van der Waals surface area contributed by atoms with Crippen molar-refractivity contribution in [3.8, 4) is 11.8 Å². The quantitative estimate of drug-likeness (QED) is 0.644. The molecule has 1 N–H and O–H groups in total. The van der Waals surface area contributed by atoms with Crippen LogP contribution in [0.3, 0.4) is 0 Å². The number of fused-ring (bicyclic) bond motifs is 1. The zero-order valence-electron chi connectivity index (χ0n) is 12.6. The maximum absolute atomic E-state index is 12.4. The molecule has 0 bridgehead atoms. The van der Waals surface area contributed by atoms with Crippen LogP contribution in [0.5, 0.6) is 5.75 Å². The van der Waals surface area contributed by atoms with E-state index in [2.05, 4.69) is 11.4 Å². The van der Waals surface area contributed by atoms with E-state index in [4.69, 9.17) is 10.00 Å². The lowest BCUT2D eigenvalue weighted by atomic mass is 10.1. The standard InChI is InChI=1S/C16H18N2O3S/c1-10-16(20)18-13-9-12(5-6-14(13)21-10)15(19)11(2)22-8-4-3-7-17/h5-6,9-11H,3-4,8H2,1-2H3,(H,18,20). The second kappa shape index (κ2) is 7.32. The maximum Gasteiger partial charge on any atom is 0.265 e. The number of hydrogen-bond acceptors (Lipinski definition) is 5. The molecule has 0 aliphatic carbocycles. The van der Waals surface area contributed by atoms with Crippen LogP contribution >= 0.6 is 11.8 Å². The van der Waals surface area contributed by atoms with Gasteiger partial charge in [0, 0.05) is 12.0 Å². The summed E-state index contributed by atoms with van der Waals surface area (Å²) >= 11 is 1.54. The van der Waals surface area contributed by atoms with E-state index in [0.717, 1.165) is 12.2 Å². The molecular formula is C16H18N2O3S. The minimum atomic E-state index is -0.524. The van der Waals surface area contributed by atoms with Crippen molar-refractivity contribution in [3.05, 3.63) is 23.8 Å². The number of thioether (sulfide) groups is 1. The molecule has 0 saturated heterocycles. The maximum atomic E-state index is 12.4. The van der Waals surface area contributed by atoms with Crippen LogP contribution in [0.25, 0.3) is 0 Å². The van der Waals surface area contributed by atoms with Crippen LogP contribution in [0.1, 0.15) is 37.0 Å². The first-order chi connectivity index (χ1) is 10.5. The van der Waals surface area contributed by atoms with Crippen LogP contribution in [0.15, 0.2) is 18.2 Å². The summed E-state index contributed by atoms with van der Waals surface area (Å²) in [5.41, 5.74) is 1.09. The summed E-state index contributed by atoms with van der Waals surface area (Å²) in [6.07, 6.45) is 0.766. The van der Waals surface area contributed by atoms with E-state index in [1.54, 1.807) is 25.1 Å². The highest BCUT2D eigenvalue weighted by molar-refractivity contribution is 8.00. The van der Waals surface area contributed by atoms with Crippen molar-refractivity contribution >= 4 is 29.1 Å². The highest BCUT2D eigenvalue weighted by Gasteiger charge is 2.25. The number of nitrogens with one attached hydrogen (secondary N) is 1. The summed E-state index contributed by atoms with van der Waals surface area (Å²) in [6, 6.07) is 7.19. The van der Waals surface area contributed by atoms with Gasteiger partial charge in [-0.2, -0.15) is 17.0 Å². The largest absolute Gasteiger partial charge is 0.479 e. The van der Waals surface area contributed by atoms with Gasteiger partial charge in [0.2, 0.25) is 0 Å². The van der Waals surface area contributed by atoms with Gasteiger partial charge in [-0.15, -0.1) is 0 Å². The van der Waals surface area contributed by atoms with Gasteiger partial charge < -0.3 is 10.1 Å². The molecule has 6 heteroatoms. The van der Waals surface area contributed by atoms with Gasteiger partial charge in [0.15, 0.2) is 11.9 Å². The Bertz CT molecular complexity index is 624. The van der Waals surface area contributed by atoms with Crippen molar-refractivity contribution in [1.82, 2.24) is 0 Å². The lowest BCUT2D eigenvalue weighted by Crippen LogP contribution is -2.34. The minimum Gasteiger partial charge on any atom is -0.479 e. The predicted molar refractivity (Wildman–Crippen MR) is 86.3 cm³/mol. The number of rotatable bonds is 6. The summed E-state index contributed by atoms with van der Waals surface area (Å²) in [7, 11) is 0. The van der Waals surface area contributed by atoms with E-state index in [-0.39, 0.29) is 16.9 Å². The van der Waals surface area contributed by atoms with Crippen molar-refractivity contribution < 1.29 is 14.3 Å². The SMILES string of the molecule is CC1Oc2ccc(C(=O)C(C)SCCCC#N)cc2NC1=O. The molecule has 0 aromatic heterocycles. The molecule has 0 fully saturated rings. The first-order valence-corrected chi connectivity index (χ1v) is 8.22. The Balaban J connectivity index is 2.03. The summed E-state index contributed by atoms with van der Waals surface area (Å²) in [5, 5.41) is 11.1. The molecule has 2 unspecified atom stereocenters. The van der Waals surface area contributed by atoms with Crippen LogP contribution < -0.4 is 10.1 Å². The van der Waals surface area contributed by atoms with Crippen LogP contribution in [0.4, 0.5) is 5.69 Å². The van der Waals surface area contributed by atoms with E-state index in [1.165, 1.54) is 11.8 Å². The molecule has 1 aliphatic heterocycles. The number of carbonyl (C=O) groups is 2. The van der Waals surface area contributed by atoms with E-state index < -0.39 is 6.10 Å². The van der Waals surface area contributed by atoms with Crippen LogP contribution in [-0.4, -0.2) is 28.8 Å². The smallest absolute Gasteiger partial charge is 0.265 e. The van der Waals surface area contributed by atoms with Gasteiger partial charge in [0.25, 0.3) is 5.91 Å². The van der Waals surface area contributed by atoms with Gasteiger partial charge in [-0.25, -0.2) is 0 Å². The van der Waals surface area contributed by atoms with Gasteiger partial charge in [-0.1, -0.05) is 0 Å². The molecule has 0 radical (unpaired) electrons. The second-order valence-electron chi connectivity index (χ2n) is 5.10. The number of nitrogens with zero attached hydrogens (tertiary/aromatic N) is 1. The highest BCUT2D eigenvalue weighted by Crippen LogP contribution is 2.31. The Morgan fingerprint density at radius 2 is 2.32 bits per heavy atom. The Hall–Kier alpha value is -2.00. The zero-order chi connectivity index (χ0) is 16.1. The van der Waals surface area contributed by atoms with Gasteiger partial charge in [-0.3, -0.25) is 9.59 Å². The Labute approximate surface area is 134 Å². The highest BCUT2D eigenvalue weighted by atomic mass is 32.2. The van der Waals surface area contributed by atoms with E-state index in [9.17, 15) is 9.59 Å². The average Bonchev–Trinajstić information content (AvgIpc) is 2.51. The summed E-state index contributed by atoms with van der Waals surface area (Å²) in [4.78, 5) is 24.0. The second-order valence-corrected chi connectivity index (χ2v) is 6.55. The number of hydrogen-bond donors (Lipinski definition) is 1. The monoisotopic (exact) mass is 318 g/mol. The third-order valence-electron chi connectivity index (χ3n) is 3.36. The predicted octanol–water partition coefficient (Wildman–Crippen LogP) is 3.01. The van der Waals surface area contributed by atoms with Crippen LogP contribution in [0, 0.1) is 11.3 Å². The van der Waals surface area contributed by atoms with Crippen molar-refractivity contribution in [2.75, 3.05) is 11.1 Å². The summed E-state index contributed by atoms with van der Waals surface area (Å²) in [6.45, 7) is 3.53. The van der Waals surface area contributed by atoms with Crippen LogP contribution in [-0.2, 0) is 4.79 Å². The van der Waals surface area contributed by atoms with E-state index in [1.807, 2.05) is 6.92 Å². The summed E-state index contributed by atoms with van der Waals surface area (Å²) < 4.78 is 5.47. The molecular weight excluding hydrogens is 300 g/mol. The number of amides is 1. The van der Waals surface area contributed by atoms with Gasteiger partial charge in [-0.05, 0) is 44.2 Å². The number of ether oxygens (including phenoxy) is 1. The number of Topliss-reactive ketones (excluding diaryl/α,β-unsaturated/α-hetero) is 1. The lowest BCUT2D eigenvalue weighted by molar-refractivity contribution is -0.122. The number of unbranched alkanes of at least 4 members (excludes halogenated alkanes) is 1. The fourth-order valence-electron chi connectivity index (χ4n) is 2.08. The Morgan fingerprint density at radius 3 is 3.05 bits per heavy atom. The molecule has 0 saturated carbocycles. The third-order valence-corrected chi connectivity index (χ3v) is 4.60. The van der Waals surface area contributed by atoms with E-state index >= 15 is 0 Å². The normalized spacial score (nSPS) is 17.7. The minimum absolute atomic E-state index is 0.0117. The molecule has 1 aromatic carbocycles. The zero-order valence-corrected chi connectivity index (χ0v) is 13.4. The van der Waals surface area contributed by atoms with Gasteiger partial charge in [0.05, 0.1) is 17.0 Å². The fraction of sp³-hybridized carbons (Fsp3) is 0.438. The van der Waals surface area contributed by atoms with E-state index in [0.29, 0.717) is 23.4 Å². The molecule has 1 aromatic rings. The topological polar surface area (TPSA) is 79.2 Å². The number of anilines is 1. The molecule has 1 heterocycles. The first-order valence-electron chi connectivity index (χ1n) is 7.17. The molecule has 116 valence electrons. The molecule has 1 amide bonds. The Morgan fingerprint density at radius 1 is 1.55 bits per heavy atom. The van der Waals surface area contributed by atoms with Crippen molar-refractivity contribution in [2.45, 2.75) is 38.0 Å². The number of benzene rings is 1. The van der Waals surface area contributed by atoms with Crippen molar-refractivity contribution in [1.29, 1.82) is 5.26 Å². The van der Waals surface area contributed by atoms with Crippen molar-refractivity contribution in [3.63, 3.8) is 0 Å². The van der Waals surface area contributed by atoms with Gasteiger partial charge >= 0.3 is 0 Å². The number of carbonyl (C=O) groups excluding carboxylic acids is 2. The Kier molecular flexibility index (Phi) is 5.45. The number of ketones is 1. The molecule has 2 rings (SSSR count). The summed E-state index contributed by atoms with van der Waals surface area (Å²) in [5.74, 6) is 1.16. The average molecular weight is 318 g/mol. The first kappa shape index (κ1) is 16.4. The molecule has 5 nitrogen and oxygen atoms in total. The lowest BCUT2D eigenvalue weighted by Gasteiger charge is -2.23.